The third-order valence-electron chi connectivity index (χ3n) is 3.11. The summed E-state index contributed by atoms with van der Waals surface area (Å²) in [4.78, 5) is 25.5. The molecule has 1 aliphatic heterocycles. The summed E-state index contributed by atoms with van der Waals surface area (Å²) in [5, 5.41) is 11.4. The summed E-state index contributed by atoms with van der Waals surface area (Å²) in [6.45, 7) is 0.490. The Labute approximate surface area is 114 Å². The summed E-state index contributed by atoms with van der Waals surface area (Å²) in [5.74, 6) is -1.19. The third kappa shape index (κ3) is 2.67. The highest BCUT2D eigenvalue weighted by Gasteiger charge is 2.32. The smallest absolute Gasteiger partial charge is 0.326 e. The monoisotopic (exact) mass is 287 g/mol. The van der Waals surface area contributed by atoms with E-state index in [-0.39, 0.29) is 5.91 Å². The number of carboxylic acids is 1. The lowest BCUT2D eigenvalue weighted by molar-refractivity contribution is -0.142. The van der Waals surface area contributed by atoms with Gasteiger partial charge in [0.05, 0.1) is 5.02 Å². The molecule has 4 nitrogen and oxygen atoms in total. The van der Waals surface area contributed by atoms with Crippen molar-refractivity contribution in [2.24, 2.45) is 0 Å². The molecule has 0 aromatic carbocycles. The lowest BCUT2D eigenvalue weighted by atomic mass is 10.1. The SMILES string of the molecule is O=C(O)C1CCCCCN1C(=O)c1sccc1Cl. The highest BCUT2D eigenvalue weighted by molar-refractivity contribution is 7.12. The minimum Gasteiger partial charge on any atom is -0.480 e. The number of hydrogen-bond donors (Lipinski definition) is 1. The van der Waals surface area contributed by atoms with Gasteiger partial charge in [-0.2, -0.15) is 0 Å². The topological polar surface area (TPSA) is 57.6 Å². The molecule has 1 amide bonds. The first-order chi connectivity index (χ1) is 8.61. The molecular formula is C12H14ClNO3S. The Kier molecular flexibility index (Phi) is 4.24. The summed E-state index contributed by atoms with van der Waals surface area (Å²) >= 11 is 7.19. The van der Waals surface area contributed by atoms with Crippen molar-refractivity contribution in [3.05, 3.63) is 21.3 Å². The average molecular weight is 288 g/mol. The van der Waals surface area contributed by atoms with E-state index in [0.717, 1.165) is 19.3 Å². The molecule has 2 rings (SSSR count). The minimum absolute atomic E-state index is 0.260. The van der Waals surface area contributed by atoms with Crippen molar-refractivity contribution in [2.75, 3.05) is 6.54 Å². The Hall–Kier alpha value is -1.07. The van der Waals surface area contributed by atoms with Crippen LogP contribution in [-0.2, 0) is 4.79 Å². The lowest BCUT2D eigenvalue weighted by Gasteiger charge is -2.26. The lowest BCUT2D eigenvalue weighted by Crippen LogP contribution is -2.44. The highest BCUT2D eigenvalue weighted by Crippen LogP contribution is 2.26. The van der Waals surface area contributed by atoms with Gasteiger partial charge in [0.15, 0.2) is 0 Å². The van der Waals surface area contributed by atoms with Crippen LogP contribution in [0.2, 0.25) is 5.02 Å². The Morgan fingerprint density at radius 2 is 2.17 bits per heavy atom. The molecule has 1 fully saturated rings. The van der Waals surface area contributed by atoms with Crippen LogP contribution in [0.4, 0.5) is 0 Å². The van der Waals surface area contributed by atoms with Gasteiger partial charge in [-0.15, -0.1) is 11.3 Å². The zero-order valence-corrected chi connectivity index (χ0v) is 11.3. The van der Waals surface area contributed by atoms with Crippen LogP contribution < -0.4 is 0 Å². The van der Waals surface area contributed by atoms with Gasteiger partial charge >= 0.3 is 5.97 Å². The van der Waals surface area contributed by atoms with Gasteiger partial charge in [0.1, 0.15) is 10.9 Å². The fourth-order valence-electron chi connectivity index (χ4n) is 2.18. The van der Waals surface area contributed by atoms with Gasteiger partial charge in [-0.05, 0) is 24.3 Å². The van der Waals surface area contributed by atoms with E-state index in [1.807, 2.05) is 0 Å². The van der Waals surface area contributed by atoms with Crippen LogP contribution in [-0.4, -0.2) is 34.5 Å². The van der Waals surface area contributed by atoms with Crippen molar-refractivity contribution >= 4 is 34.8 Å². The van der Waals surface area contributed by atoms with Crippen molar-refractivity contribution in [2.45, 2.75) is 31.7 Å². The van der Waals surface area contributed by atoms with E-state index in [1.165, 1.54) is 16.2 Å². The largest absolute Gasteiger partial charge is 0.480 e. The molecule has 1 aromatic heterocycles. The molecule has 0 spiro atoms. The molecule has 0 aliphatic carbocycles. The second kappa shape index (κ2) is 5.71. The Balaban J connectivity index is 2.25. The summed E-state index contributed by atoms with van der Waals surface area (Å²) in [7, 11) is 0. The van der Waals surface area contributed by atoms with E-state index in [9.17, 15) is 14.7 Å². The molecule has 6 heteroatoms. The number of amides is 1. The number of nitrogens with zero attached hydrogens (tertiary/aromatic N) is 1. The highest BCUT2D eigenvalue weighted by atomic mass is 35.5. The van der Waals surface area contributed by atoms with Gasteiger partial charge < -0.3 is 10.0 Å². The summed E-state index contributed by atoms with van der Waals surface area (Å²) < 4.78 is 0. The van der Waals surface area contributed by atoms with Crippen LogP contribution in [0.25, 0.3) is 0 Å². The molecule has 0 bridgehead atoms. The van der Waals surface area contributed by atoms with E-state index in [4.69, 9.17) is 11.6 Å². The van der Waals surface area contributed by atoms with Crippen LogP contribution in [0.1, 0.15) is 35.4 Å². The van der Waals surface area contributed by atoms with E-state index in [2.05, 4.69) is 0 Å². The third-order valence-corrected chi connectivity index (χ3v) is 4.44. The molecule has 1 aliphatic rings. The summed E-state index contributed by atoms with van der Waals surface area (Å²) in [5.41, 5.74) is 0. The maximum atomic E-state index is 12.3. The average Bonchev–Trinajstić information content (AvgIpc) is 2.63. The van der Waals surface area contributed by atoms with Crippen molar-refractivity contribution in [3.8, 4) is 0 Å². The van der Waals surface area contributed by atoms with Gasteiger partial charge in [0.2, 0.25) is 0 Å². The van der Waals surface area contributed by atoms with E-state index in [1.54, 1.807) is 11.4 Å². The Morgan fingerprint density at radius 3 is 2.78 bits per heavy atom. The van der Waals surface area contributed by atoms with Crippen LogP contribution >= 0.6 is 22.9 Å². The predicted molar refractivity (Wildman–Crippen MR) is 70.3 cm³/mol. The quantitative estimate of drug-likeness (QED) is 0.910. The van der Waals surface area contributed by atoms with Crippen LogP contribution in [0.15, 0.2) is 11.4 Å². The number of carbonyl (C=O) groups is 2. The number of carboxylic acid groups (broad SMARTS) is 1. The summed E-state index contributed by atoms with van der Waals surface area (Å²) in [6.07, 6.45) is 3.17. The zero-order valence-electron chi connectivity index (χ0n) is 9.76. The van der Waals surface area contributed by atoms with Crippen molar-refractivity contribution in [1.82, 2.24) is 4.90 Å². The second-order valence-electron chi connectivity index (χ2n) is 4.30. The molecule has 2 heterocycles. The predicted octanol–water partition coefficient (Wildman–Crippen LogP) is 2.87. The van der Waals surface area contributed by atoms with E-state index in [0.29, 0.717) is 22.9 Å². The van der Waals surface area contributed by atoms with Gasteiger partial charge in [0, 0.05) is 6.54 Å². The molecule has 0 saturated carbocycles. The zero-order chi connectivity index (χ0) is 13.1. The van der Waals surface area contributed by atoms with Crippen molar-refractivity contribution in [3.63, 3.8) is 0 Å². The molecule has 1 atom stereocenters. The van der Waals surface area contributed by atoms with Gasteiger partial charge in [-0.25, -0.2) is 4.79 Å². The maximum Gasteiger partial charge on any atom is 0.326 e. The van der Waals surface area contributed by atoms with E-state index < -0.39 is 12.0 Å². The first-order valence-corrected chi connectivity index (χ1v) is 7.14. The standard InChI is InChI=1S/C12H14ClNO3S/c13-8-5-7-18-10(8)11(15)14-6-3-1-2-4-9(14)12(16)17/h5,7,9H,1-4,6H2,(H,16,17). The van der Waals surface area contributed by atoms with Gasteiger partial charge in [-0.1, -0.05) is 24.4 Å². The number of thiophene rings is 1. The van der Waals surface area contributed by atoms with Crippen molar-refractivity contribution < 1.29 is 14.7 Å². The number of halogens is 1. The second-order valence-corrected chi connectivity index (χ2v) is 5.62. The molecule has 18 heavy (non-hydrogen) atoms. The number of aliphatic carboxylic acids is 1. The van der Waals surface area contributed by atoms with Gasteiger partial charge in [-0.3, -0.25) is 4.79 Å². The molecule has 1 N–H and O–H groups in total. The normalized spacial score (nSPS) is 20.5. The molecule has 98 valence electrons. The first kappa shape index (κ1) is 13.4. The fraction of sp³-hybridized carbons (Fsp3) is 0.500. The Bertz CT molecular complexity index is 460. The first-order valence-electron chi connectivity index (χ1n) is 5.88. The Morgan fingerprint density at radius 1 is 1.39 bits per heavy atom. The van der Waals surface area contributed by atoms with E-state index >= 15 is 0 Å². The van der Waals surface area contributed by atoms with Crippen LogP contribution in [0, 0.1) is 0 Å². The molecule has 1 saturated heterocycles. The minimum atomic E-state index is -0.932. The number of hydrogen-bond acceptors (Lipinski definition) is 3. The maximum absolute atomic E-state index is 12.3. The molecular weight excluding hydrogens is 274 g/mol. The number of likely N-dealkylation sites (tertiary alicyclic amines) is 1. The van der Waals surface area contributed by atoms with Gasteiger partial charge in [0.25, 0.3) is 5.91 Å². The molecule has 0 radical (unpaired) electrons. The fourth-order valence-corrected chi connectivity index (χ4v) is 3.28. The van der Waals surface area contributed by atoms with Crippen molar-refractivity contribution in [1.29, 1.82) is 0 Å². The number of rotatable bonds is 2. The summed E-state index contributed by atoms with van der Waals surface area (Å²) in [6, 6.07) is 0.936. The van der Waals surface area contributed by atoms with Crippen LogP contribution in [0.3, 0.4) is 0 Å². The van der Waals surface area contributed by atoms with Crippen LogP contribution in [0.5, 0.6) is 0 Å². The molecule has 1 aromatic rings. The molecule has 1 unspecified atom stereocenters. The number of carbonyl (C=O) groups excluding carboxylic acids is 1.